The first kappa shape index (κ1) is 13.6. The average molecular weight is 257 g/mol. The molecule has 0 bridgehead atoms. The fourth-order valence-corrected chi connectivity index (χ4v) is 1.49. The number of anilines is 2. The van der Waals surface area contributed by atoms with Crippen molar-refractivity contribution in [3.63, 3.8) is 0 Å². The number of halogens is 1. The molecule has 0 saturated heterocycles. The van der Waals surface area contributed by atoms with Crippen LogP contribution in [0.15, 0.2) is 12.3 Å². The topological polar surface area (TPSA) is 80.0 Å². The summed E-state index contributed by atoms with van der Waals surface area (Å²) in [6.07, 6.45) is 1.51. The molecular weight excluding hydrogens is 240 g/mol. The Morgan fingerprint density at radius 2 is 2.24 bits per heavy atom. The summed E-state index contributed by atoms with van der Waals surface area (Å²) in [7, 11) is 1.61. The van der Waals surface area contributed by atoms with Crippen molar-refractivity contribution in [2.45, 2.75) is 13.8 Å². The molecule has 0 aliphatic carbocycles. The quantitative estimate of drug-likeness (QED) is 0.763. The molecule has 1 heterocycles. The van der Waals surface area contributed by atoms with Gasteiger partial charge in [0.15, 0.2) is 0 Å². The summed E-state index contributed by atoms with van der Waals surface area (Å²) in [6.45, 7) is 4.11. The van der Waals surface area contributed by atoms with E-state index in [9.17, 15) is 4.79 Å². The highest BCUT2D eigenvalue weighted by atomic mass is 35.5. The van der Waals surface area contributed by atoms with E-state index in [1.54, 1.807) is 13.1 Å². The van der Waals surface area contributed by atoms with E-state index >= 15 is 0 Å². The van der Waals surface area contributed by atoms with E-state index in [0.29, 0.717) is 23.1 Å². The molecule has 4 N–H and O–H groups in total. The molecule has 1 aromatic rings. The molecule has 17 heavy (non-hydrogen) atoms. The number of carbonyl (C=O) groups excluding carboxylic acids is 1. The lowest BCUT2D eigenvalue weighted by Crippen LogP contribution is -2.39. The molecule has 0 atom stereocenters. The Morgan fingerprint density at radius 1 is 1.59 bits per heavy atom. The normalized spacial score (nSPS) is 11.1. The van der Waals surface area contributed by atoms with E-state index in [1.165, 1.54) is 6.20 Å². The van der Waals surface area contributed by atoms with Gasteiger partial charge >= 0.3 is 0 Å². The number of hydrogen-bond donors (Lipinski definition) is 3. The van der Waals surface area contributed by atoms with E-state index in [2.05, 4.69) is 15.6 Å². The third-order valence-corrected chi connectivity index (χ3v) is 2.63. The highest BCUT2D eigenvalue weighted by molar-refractivity contribution is 6.30. The Morgan fingerprint density at radius 3 is 2.76 bits per heavy atom. The van der Waals surface area contributed by atoms with Gasteiger partial charge in [-0.15, -0.1) is 0 Å². The Hall–Kier alpha value is -1.49. The Balaban J connectivity index is 2.70. The number of amides is 1. The van der Waals surface area contributed by atoms with Crippen LogP contribution < -0.4 is 16.4 Å². The molecule has 0 unspecified atom stereocenters. The van der Waals surface area contributed by atoms with Crippen LogP contribution in [0.3, 0.4) is 0 Å². The van der Waals surface area contributed by atoms with Gasteiger partial charge in [-0.25, -0.2) is 4.98 Å². The van der Waals surface area contributed by atoms with Gasteiger partial charge < -0.3 is 16.4 Å². The summed E-state index contributed by atoms with van der Waals surface area (Å²) in [5.74, 6) is 0.490. The highest BCUT2D eigenvalue weighted by Crippen LogP contribution is 2.22. The van der Waals surface area contributed by atoms with Crippen LogP contribution >= 0.6 is 11.6 Å². The van der Waals surface area contributed by atoms with Crippen molar-refractivity contribution >= 4 is 29.0 Å². The number of aromatic nitrogens is 1. The number of carbonyl (C=O) groups is 1. The monoisotopic (exact) mass is 256 g/mol. The summed E-state index contributed by atoms with van der Waals surface area (Å²) >= 11 is 5.75. The van der Waals surface area contributed by atoms with Crippen LogP contribution in [0.2, 0.25) is 5.02 Å². The maximum Gasteiger partial charge on any atom is 0.227 e. The number of rotatable bonds is 4. The molecule has 0 saturated carbocycles. The maximum atomic E-state index is 11.6. The largest absolute Gasteiger partial charge is 0.396 e. The minimum atomic E-state index is -0.539. The zero-order valence-electron chi connectivity index (χ0n) is 10.2. The van der Waals surface area contributed by atoms with Crippen molar-refractivity contribution in [2.75, 3.05) is 24.6 Å². The number of nitrogen functional groups attached to an aromatic ring is 1. The predicted octanol–water partition coefficient (Wildman–Crippen LogP) is 1.50. The van der Waals surface area contributed by atoms with Gasteiger partial charge in [0.2, 0.25) is 5.91 Å². The van der Waals surface area contributed by atoms with Crippen molar-refractivity contribution in [3.05, 3.63) is 17.3 Å². The summed E-state index contributed by atoms with van der Waals surface area (Å²) in [5, 5.41) is 6.14. The second-order valence-electron chi connectivity index (χ2n) is 4.41. The van der Waals surface area contributed by atoms with Gasteiger partial charge in [0.1, 0.15) is 5.82 Å². The van der Waals surface area contributed by atoms with Gasteiger partial charge in [-0.1, -0.05) is 11.6 Å². The molecule has 94 valence electrons. The molecule has 1 amide bonds. The fourth-order valence-electron chi connectivity index (χ4n) is 1.33. The second kappa shape index (κ2) is 5.23. The number of nitrogens with zero attached hydrogens (tertiary/aromatic N) is 1. The summed E-state index contributed by atoms with van der Waals surface area (Å²) < 4.78 is 0. The fraction of sp³-hybridized carbons (Fsp3) is 0.455. The van der Waals surface area contributed by atoms with Crippen LogP contribution in [0.1, 0.15) is 13.8 Å². The Kier molecular flexibility index (Phi) is 4.17. The molecule has 0 aliphatic rings. The first-order chi connectivity index (χ1) is 7.86. The van der Waals surface area contributed by atoms with E-state index in [1.807, 2.05) is 13.8 Å². The minimum Gasteiger partial charge on any atom is -0.396 e. The zero-order chi connectivity index (χ0) is 13.1. The van der Waals surface area contributed by atoms with E-state index in [0.717, 1.165) is 0 Å². The predicted molar refractivity (Wildman–Crippen MR) is 70.0 cm³/mol. The third-order valence-electron chi connectivity index (χ3n) is 2.42. The lowest BCUT2D eigenvalue weighted by molar-refractivity contribution is -0.128. The second-order valence-corrected chi connectivity index (χ2v) is 4.84. The molecule has 0 spiro atoms. The first-order valence-corrected chi connectivity index (χ1v) is 5.61. The van der Waals surface area contributed by atoms with Crippen molar-refractivity contribution in [1.82, 2.24) is 10.3 Å². The van der Waals surface area contributed by atoms with Crippen LogP contribution in [0.5, 0.6) is 0 Å². The van der Waals surface area contributed by atoms with Crippen molar-refractivity contribution in [1.29, 1.82) is 0 Å². The van der Waals surface area contributed by atoms with Crippen LogP contribution in [0, 0.1) is 5.41 Å². The lowest BCUT2D eigenvalue weighted by Gasteiger charge is -2.23. The van der Waals surface area contributed by atoms with Crippen LogP contribution in [0.25, 0.3) is 0 Å². The SMILES string of the molecule is CNC(=O)C(C)(C)CNc1ncc(Cl)cc1N. The minimum absolute atomic E-state index is 0.0439. The molecule has 0 aliphatic heterocycles. The number of pyridine rings is 1. The number of nitrogens with one attached hydrogen (secondary N) is 2. The lowest BCUT2D eigenvalue weighted by atomic mass is 9.92. The molecule has 0 radical (unpaired) electrons. The zero-order valence-corrected chi connectivity index (χ0v) is 10.9. The third kappa shape index (κ3) is 3.49. The van der Waals surface area contributed by atoms with Gasteiger partial charge in [-0.3, -0.25) is 4.79 Å². The van der Waals surface area contributed by atoms with Crippen LogP contribution in [-0.2, 0) is 4.79 Å². The van der Waals surface area contributed by atoms with Gasteiger partial charge in [0.25, 0.3) is 0 Å². The molecule has 0 aromatic carbocycles. The number of nitrogens with two attached hydrogens (primary N) is 1. The van der Waals surface area contributed by atoms with E-state index < -0.39 is 5.41 Å². The molecule has 6 heteroatoms. The molecule has 0 fully saturated rings. The molecule has 1 aromatic heterocycles. The van der Waals surface area contributed by atoms with Crippen molar-refractivity contribution < 1.29 is 4.79 Å². The number of hydrogen-bond acceptors (Lipinski definition) is 4. The van der Waals surface area contributed by atoms with Crippen LogP contribution in [-0.4, -0.2) is 24.5 Å². The maximum absolute atomic E-state index is 11.6. The molecular formula is C11H17ClN4O. The van der Waals surface area contributed by atoms with Gasteiger partial charge in [0.05, 0.1) is 16.1 Å². The first-order valence-electron chi connectivity index (χ1n) is 5.24. The summed E-state index contributed by atoms with van der Waals surface area (Å²) in [6, 6.07) is 1.61. The molecule has 1 rings (SSSR count). The van der Waals surface area contributed by atoms with E-state index in [-0.39, 0.29) is 5.91 Å². The summed E-state index contributed by atoms with van der Waals surface area (Å²) in [4.78, 5) is 15.6. The van der Waals surface area contributed by atoms with Gasteiger partial charge in [-0.05, 0) is 19.9 Å². The highest BCUT2D eigenvalue weighted by Gasteiger charge is 2.26. The molecule has 5 nitrogen and oxygen atoms in total. The Bertz CT molecular complexity index is 420. The average Bonchev–Trinajstić information content (AvgIpc) is 2.26. The van der Waals surface area contributed by atoms with Crippen molar-refractivity contribution in [2.24, 2.45) is 5.41 Å². The standard InChI is InChI=1S/C11H17ClN4O/c1-11(2,10(17)14-3)6-16-9-8(13)4-7(12)5-15-9/h4-5H,6,13H2,1-3H3,(H,14,17)(H,15,16). The van der Waals surface area contributed by atoms with Crippen LogP contribution in [0.4, 0.5) is 11.5 Å². The van der Waals surface area contributed by atoms with Gasteiger partial charge in [0, 0.05) is 19.8 Å². The smallest absolute Gasteiger partial charge is 0.227 e. The van der Waals surface area contributed by atoms with Crippen molar-refractivity contribution in [3.8, 4) is 0 Å². The van der Waals surface area contributed by atoms with Gasteiger partial charge in [-0.2, -0.15) is 0 Å². The van der Waals surface area contributed by atoms with E-state index in [4.69, 9.17) is 17.3 Å². The summed E-state index contributed by atoms with van der Waals surface area (Å²) in [5.41, 5.74) is 5.67. The Labute approximate surface area is 106 Å².